The van der Waals surface area contributed by atoms with Crippen LogP contribution in [0.5, 0.6) is 0 Å². The molecular formula is C17H13Cl3N2. The average Bonchev–Trinajstić information content (AvgIpc) is 2.48. The lowest BCUT2D eigenvalue weighted by molar-refractivity contribution is 1.13. The number of anilines is 1. The second kappa shape index (κ2) is 6.33. The van der Waals surface area contributed by atoms with Gasteiger partial charge in [-0.15, -0.1) is 0 Å². The third-order valence-corrected chi connectivity index (χ3v) is 4.29. The molecule has 112 valence electrons. The molecule has 0 amide bonds. The molecule has 3 rings (SSSR count). The van der Waals surface area contributed by atoms with Gasteiger partial charge >= 0.3 is 0 Å². The van der Waals surface area contributed by atoms with Crippen LogP contribution in [0.15, 0.2) is 42.5 Å². The smallest absolute Gasteiger partial charge is 0.134 e. The van der Waals surface area contributed by atoms with E-state index in [0.29, 0.717) is 21.7 Å². The number of rotatable bonds is 3. The lowest BCUT2D eigenvalue weighted by Crippen LogP contribution is -2.02. The molecule has 2 nitrogen and oxygen atoms in total. The molecule has 1 heterocycles. The van der Waals surface area contributed by atoms with Crippen molar-refractivity contribution in [2.75, 3.05) is 5.32 Å². The number of nitrogens with one attached hydrogen (secondary N) is 1. The van der Waals surface area contributed by atoms with Gasteiger partial charge in [-0.25, -0.2) is 4.98 Å². The Morgan fingerprint density at radius 1 is 1.00 bits per heavy atom. The van der Waals surface area contributed by atoms with E-state index < -0.39 is 0 Å². The number of benzene rings is 2. The summed E-state index contributed by atoms with van der Waals surface area (Å²) in [5, 5.41) is 6.04. The summed E-state index contributed by atoms with van der Waals surface area (Å²) in [6.45, 7) is 2.56. The first-order valence-corrected chi connectivity index (χ1v) is 7.91. The van der Waals surface area contributed by atoms with E-state index >= 15 is 0 Å². The Morgan fingerprint density at radius 3 is 2.64 bits per heavy atom. The topological polar surface area (TPSA) is 24.9 Å². The molecule has 0 aliphatic rings. The quantitative estimate of drug-likeness (QED) is 0.575. The Bertz CT molecular complexity index is 847. The van der Waals surface area contributed by atoms with Crippen LogP contribution in [0, 0.1) is 6.92 Å². The highest BCUT2D eigenvalue weighted by molar-refractivity contribution is 6.35. The lowest BCUT2D eigenvalue weighted by atomic mass is 10.1. The standard InChI is InChI=1S/C17H13Cl3N2/c1-10-2-3-11-7-12(17(20)22-15(11)6-10)9-21-16-8-13(18)4-5-14(16)19/h2-8,21H,9H2,1H3. The molecular weight excluding hydrogens is 339 g/mol. The predicted molar refractivity (Wildman–Crippen MR) is 95.3 cm³/mol. The molecule has 0 radical (unpaired) electrons. The number of hydrogen-bond donors (Lipinski definition) is 1. The predicted octanol–water partition coefficient (Wildman–Crippen LogP) is 6.12. The molecule has 0 aliphatic carbocycles. The molecule has 3 aromatic rings. The molecule has 1 aromatic heterocycles. The number of nitrogens with zero attached hydrogens (tertiary/aromatic N) is 1. The van der Waals surface area contributed by atoms with Gasteiger partial charge in [-0.2, -0.15) is 0 Å². The number of halogens is 3. The summed E-state index contributed by atoms with van der Waals surface area (Å²) in [4.78, 5) is 4.46. The maximum atomic E-state index is 6.28. The van der Waals surface area contributed by atoms with E-state index in [-0.39, 0.29) is 0 Å². The van der Waals surface area contributed by atoms with Crippen LogP contribution in [0.1, 0.15) is 11.1 Å². The van der Waals surface area contributed by atoms with Gasteiger partial charge in [-0.1, -0.05) is 46.9 Å². The number of pyridine rings is 1. The largest absolute Gasteiger partial charge is 0.380 e. The van der Waals surface area contributed by atoms with Gasteiger partial charge in [0.25, 0.3) is 0 Å². The van der Waals surface area contributed by atoms with Crippen LogP contribution in [-0.4, -0.2) is 4.98 Å². The molecule has 22 heavy (non-hydrogen) atoms. The summed E-state index contributed by atoms with van der Waals surface area (Å²) in [6, 6.07) is 13.5. The van der Waals surface area contributed by atoms with Gasteiger partial charge in [-0.05, 0) is 42.8 Å². The van der Waals surface area contributed by atoms with Crippen molar-refractivity contribution in [3.8, 4) is 0 Å². The molecule has 2 aromatic carbocycles. The fraction of sp³-hybridized carbons (Fsp3) is 0.118. The van der Waals surface area contributed by atoms with Gasteiger partial charge in [0.1, 0.15) is 5.15 Å². The number of aryl methyl sites for hydroxylation is 1. The van der Waals surface area contributed by atoms with E-state index in [2.05, 4.69) is 16.4 Å². The summed E-state index contributed by atoms with van der Waals surface area (Å²) in [5.41, 5.74) is 3.74. The monoisotopic (exact) mass is 350 g/mol. The van der Waals surface area contributed by atoms with E-state index in [9.17, 15) is 0 Å². The van der Waals surface area contributed by atoms with Crippen LogP contribution in [-0.2, 0) is 6.54 Å². The average molecular weight is 352 g/mol. The highest BCUT2D eigenvalue weighted by Crippen LogP contribution is 2.27. The minimum Gasteiger partial charge on any atom is -0.380 e. The van der Waals surface area contributed by atoms with Crippen LogP contribution in [0.4, 0.5) is 5.69 Å². The first kappa shape index (κ1) is 15.4. The van der Waals surface area contributed by atoms with E-state index in [1.54, 1.807) is 18.2 Å². The number of hydrogen-bond acceptors (Lipinski definition) is 2. The third kappa shape index (κ3) is 3.30. The van der Waals surface area contributed by atoms with Gasteiger partial charge in [0, 0.05) is 22.5 Å². The lowest BCUT2D eigenvalue weighted by Gasteiger charge is -2.11. The van der Waals surface area contributed by atoms with Crippen molar-refractivity contribution in [3.63, 3.8) is 0 Å². The number of fused-ring (bicyclic) bond motifs is 1. The SMILES string of the molecule is Cc1ccc2cc(CNc3cc(Cl)ccc3Cl)c(Cl)nc2c1. The van der Waals surface area contributed by atoms with Crippen molar-refractivity contribution in [1.82, 2.24) is 4.98 Å². The first-order chi connectivity index (χ1) is 10.5. The van der Waals surface area contributed by atoms with Gasteiger partial charge in [-0.3, -0.25) is 0 Å². The highest BCUT2D eigenvalue weighted by atomic mass is 35.5. The second-order valence-electron chi connectivity index (χ2n) is 5.11. The minimum atomic E-state index is 0.490. The minimum absolute atomic E-state index is 0.490. The van der Waals surface area contributed by atoms with Gasteiger partial charge in [0.15, 0.2) is 0 Å². The third-order valence-electron chi connectivity index (χ3n) is 3.40. The van der Waals surface area contributed by atoms with Crippen molar-refractivity contribution in [2.45, 2.75) is 13.5 Å². The van der Waals surface area contributed by atoms with Crippen molar-refractivity contribution >= 4 is 51.4 Å². The van der Waals surface area contributed by atoms with Crippen molar-refractivity contribution in [1.29, 1.82) is 0 Å². The summed E-state index contributed by atoms with van der Waals surface area (Å²) >= 11 is 18.4. The normalized spacial score (nSPS) is 10.9. The summed E-state index contributed by atoms with van der Waals surface area (Å²) in [5.74, 6) is 0. The van der Waals surface area contributed by atoms with Crippen LogP contribution >= 0.6 is 34.8 Å². The molecule has 0 unspecified atom stereocenters. The maximum absolute atomic E-state index is 6.28. The zero-order chi connectivity index (χ0) is 15.7. The fourth-order valence-electron chi connectivity index (χ4n) is 2.24. The van der Waals surface area contributed by atoms with Crippen molar-refractivity contribution in [2.24, 2.45) is 0 Å². The molecule has 0 fully saturated rings. The van der Waals surface area contributed by atoms with E-state index in [1.165, 1.54) is 0 Å². The summed E-state index contributed by atoms with van der Waals surface area (Å²) in [6.07, 6.45) is 0. The Hall–Kier alpha value is -1.48. The van der Waals surface area contributed by atoms with Gasteiger partial charge in [0.05, 0.1) is 16.2 Å². The summed E-state index contributed by atoms with van der Waals surface area (Å²) < 4.78 is 0. The Labute approximate surface area is 144 Å². The molecule has 0 bridgehead atoms. The van der Waals surface area contributed by atoms with Gasteiger partial charge < -0.3 is 5.32 Å². The molecule has 5 heteroatoms. The number of aromatic nitrogens is 1. The van der Waals surface area contributed by atoms with Crippen LogP contribution < -0.4 is 5.32 Å². The molecule has 1 N–H and O–H groups in total. The zero-order valence-electron chi connectivity index (χ0n) is 11.8. The summed E-state index contributed by atoms with van der Waals surface area (Å²) in [7, 11) is 0. The molecule has 0 spiro atoms. The van der Waals surface area contributed by atoms with Crippen LogP contribution in [0.25, 0.3) is 10.9 Å². The van der Waals surface area contributed by atoms with Crippen molar-refractivity contribution in [3.05, 3.63) is 68.8 Å². The van der Waals surface area contributed by atoms with E-state index in [1.807, 2.05) is 25.1 Å². The van der Waals surface area contributed by atoms with Crippen molar-refractivity contribution < 1.29 is 0 Å². The van der Waals surface area contributed by atoms with Gasteiger partial charge in [0.2, 0.25) is 0 Å². The molecule has 0 atom stereocenters. The Balaban J connectivity index is 1.89. The highest BCUT2D eigenvalue weighted by Gasteiger charge is 2.07. The fourth-order valence-corrected chi connectivity index (χ4v) is 2.81. The zero-order valence-corrected chi connectivity index (χ0v) is 14.1. The molecule has 0 saturated carbocycles. The maximum Gasteiger partial charge on any atom is 0.134 e. The Morgan fingerprint density at radius 2 is 1.82 bits per heavy atom. The Kier molecular flexibility index (Phi) is 4.44. The van der Waals surface area contributed by atoms with E-state index in [0.717, 1.165) is 27.7 Å². The van der Waals surface area contributed by atoms with E-state index in [4.69, 9.17) is 34.8 Å². The van der Waals surface area contributed by atoms with Crippen LogP contribution in [0.2, 0.25) is 15.2 Å². The molecule has 0 aliphatic heterocycles. The molecule has 0 saturated heterocycles. The second-order valence-corrected chi connectivity index (χ2v) is 6.31. The first-order valence-electron chi connectivity index (χ1n) is 6.77. The van der Waals surface area contributed by atoms with Crippen LogP contribution in [0.3, 0.4) is 0 Å².